The fourth-order valence-corrected chi connectivity index (χ4v) is 2.25. The molecule has 0 saturated carbocycles. The highest BCUT2D eigenvalue weighted by Gasteiger charge is 2.33. The third kappa shape index (κ3) is 2.97. The summed E-state index contributed by atoms with van der Waals surface area (Å²) in [5.74, 6) is 0.508. The Morgan fingerprint density at radius 2 is 2.12 bits per heavy atom. The van der Waals surface area contributed by atoms with Crippen molar-refractivity contribution in [3.8, 4) is 0 Å². The highest BCUT2D eigenvalue weighted by atomic mass is 16.2. The fraction of sp³-hybridized carbons (Fsp3) is 0.833. The van der Waals surface area contributed by atoms with Crippen LogP contribution in [0.5, 0.6) is 0 Å². The summed E-state index contributed by atoms with van der Waals surface area (Å²) < 4.78 is 0. The molecule has 1 saturated heterocycles. The lowest BCUT2D eigenvalue weighted by Crippen LogP contribution is -2.58. The molecule has 1 heterocycles. The van der Waals surface area contributed by atoms with Gasteiger partial charge in [-0.1, -0.05) is 27.2 Å². The van der Waals surface area contributed by atoms with Crippen molar-refractivity contribution in [3.63, 3.8) is 0 Å². The minimum atomic E-state index is -0.263. The van der Waals surface area contributed by atoms with E-state index in [4.69, 9.17) is 0 Å². The Hall–Kier alpha value is -1.06. The van der Waals surface area contributed by atoms with Crippen LogP contribution < -0.4 is 5.32 Å². The number of hydrogen-bond acceptors (Lipinski definition) is 2. The average Bonchev–Trinajstić information content (AvgIpc) is 2.24. The molecule has 1 aliphatic rings. The number of hydrogen-bond donors (Lipinski definition) is 1. The molecule has 0 aliphatic carbocycles. The molecule has 1 rings (SSSR count). The van der Waals surface area contributed by atoms with Crippen molar-refractivity contribution >= 4 is 11.8 Å². The van der Waals surface area contributed by atoms with Crippen LogP contribution in [0.4, 0.5) is 0 Å². The van der Waals surface area contributed by atoms with E-state index in [-0.39, 0.29) is 24.4 Å². The number of nitrogens with zero attached hydrogens (tertiary/aromatic N) is 1. The second-order valence-electron chi connectivity index (χ2n) is 4.58. The Balaban J connectivity index is 2.64. The SMILES string of the molecule is CCCC(C)CN1C(=O)CNC(=O)C1CC. The zero-order chi connectivity index (χ0) is 12.1. The van der Waals surface area contributed by atoms with E-state index in [0.717, 1.165) is 12.8 Å². The van der Waals surface area contributed by atoms with E-state index in [9.17, 15) is 9.59 Å². The molecule has 0 aromatic carbocycles. The summed E-state index contributed by atoms with van der Waals surface area (Å²) in [4.78, 5) is 25.1. The van der Waals surface area contributed by atoms with Gasteiger partial charge in [0.2, 0.25) is 11.8 Å². The predicted molar refractivity (Wildman–Crippen MR) is 62.9 cm³/mol. The summed E-state index contributed by atoms with van der Waals surface area (Å²) in [6.45, 7) is 7.08. The van der Waals surface area contributed by atoms with E-state index in [0.29, 0.717) is 18.9 Å². The molecule has 1 aliphatic heterocycles. The molecule has 2 amide bonds. The minimum absolute atomic E-state index is 0.00852. The lowest BCUT2D eigenvalue weighted by Gasteiger charge is -2.36. The maximum Gasteiger partial charge on any atom is 0.243 e. The summed E-state index contributed by atoms with van der Waals surface area (Å²) in [7, 11) is 0. The van der Waals surface area contributed by atoms with Gasteiger partial charge in [0.15, 0.2) is 0 Å². The molecule has 1 N–H and O–H groups in total. The van der Waals surface area contributed by atoms with Gasteiger partial charge < -0.3 is 10.2 Å². The first-order valence-corrected chi connectivity index (χ1v) is 6.17. The van der Waals surface area contributed by atoms with Crippen molar-refractivity contribution < 1.29 is 9.59 Å². The maximum atomic E-state index is 11.8. The van der Waals surface area contributed by atoms with Crippen LogP contribution in [0.15, 0.2) is 0 Å². The third-order valence-electron chi connectivity index (χ3n) is 3.09. The Labute approximate surface area is 97.4 Å². The van der Waals surface area contributed by atoms with Crippen LogP contribution in [-0.4, -0.2) is 35.8 Å². The zero-order valence-corrected chi connectivity index (χ0v) is 10.5. The van der Waals surface area contributed by atoms with Gasteiger partial charge >= 0.3 is 0 Å². The number of carbonyl (C=O) groups excluding carboxylic acids is 2. The van der Waals surface area contributed by atoms with Crippen LogP contribution >= 0.6 is 0 Å². The van der Waals surface area contributed by atoms with Crippen LogP contribution in [0, 0.1) is 5.92 Å². The van der Waals surface area contributed by atoms with E-state index >= 15 is 0 Å². The van der Waals surface area contributed by atoms with Crippen LogP contribution in [0.3, 0.4) is 0 Å². The van der Waals surface area contributed by atoms with Gasteiger partial charge in [-0.25, -0.2) is 0 Å². The minimum Gasteiger partial charge on any atom is -0.345 e. The van der Waals surface area contributed by atoms with Gasteiger partial charge in [-0.2, -0.15) is 0 Å². The Bertz CT molecular complexity index is 266. The van der Waals surface area contributed by atoms with Gasteiger partial charge in [-0.05, 0) is 18.8 Å². The predicted octanol–water partition coefficient (Wildman–Crippen LogP) is 1.16. The molecule has 16 heavy (non-hydrogen) atoms. The quantitative estimate of drug-likeness (QED) is 0.764. The number of rotatable bonds is 5. The zero-order valence-electron chi connectivity index (χ0n) is 10.5. The van der Waals surface area contributed by atoms with Crippen molar-refractivity contribution in [2.24, 2.45) is 5.92 Å². The monoisotopic (exact) mass is 226 g/mol. The normalized spacial score (nSPS) is 23.2. The van der Waals surface area contributed by atoms with Crippen LogP contribution in [-0.2, 0) is 9.59 Å². The first-order valence-electron chi connectivity index (χ1n) is 6.17. The van der Waals surface area contributed by atoms with Crippen LogP contribution in [0.1, 0.15) is 40.0 Å². The van der Waals surface area contributed by atoms with Crippen molar-refractivity contribution in [2.75, 3.05) is 13.1 Å². The molecule has 92 valence electrons. The Morgan fingerprint density at radius 1 is 1.44 bits per heavy atom. The Kier molecular flexibility index (Phi) is 4.77. The van der Waals surface area contributed by atoms with Gasteiger partial charge in [0.1, 0.15) is 6.04 Å². The number of nitrogens with one attached hydrogen (secondary N) is 1. The molecule has 2 atom stereocenters. The molecule has 0 radical (unpaired) electrons. The molecule has 0 spiro atoms. The molecule has 0 aromatic rings. The summed E-state index contributed by atoms with van der Waals surface area (Å²) >= 11 is 0. The second-order valence-corrected chi connectivity index (χ2v) is 4.58. The lowest BCUT2D eigenvalue weighted by molar-refractivity contribution is -0.146. The molecule has 4 nitrogen and oxygen atoms in total. The number of amides is 2. The Morgan fingerprint density at radius 3 is 2.69 bits per heavy atom. The lowest BCUT2D eigenvalue weighted by atomic mass is 10.0. The van der Waals surface area contributed by atoms with Gasteiger partial charge in [-0.15, -0.1) is 0 Å². The largest absolute Gasteiger partial charge is 0.345 e. The second kappa shape index (κ2) is 5.87. The first kappa shape index (κ1) is 13.0. The van der Waals surface area contributed by atoms with Gasteiger partial charge in [-0.3, -0.25) is 9.59 Å². The van der Waals surface area contributed by atoms with Crippen molar-refractivity contribution in [1.29, 1.82) is 0 Å². The number of carbonyl (C=O) groups is 2. The maximum absolute atomic E-state index is 11.8. The molecule has 2 unspecified atom stereocenters. The first-order chi connectivity index (χ1) is 7.60. The van der Waals surface area contributed by atoms with E-state index in [1.165, 1.54) is 0 Å². The summed E-state index contributed by atoms with van der Waals surface area (Å²) in [6.07, 6.45) is 2.91. The molecule has 4 heteroatoms. The van der Waals surface area contributed by atoms with E-state index in [1.807, 2.05) is 6.92 Å². The molecule has 0 aromatic heterocycles. The third-order valence-corrected chi connectivity index (χ3v) is 3.09. The van der Waals surface area contributed by atoms with Gasteiger partial charge in [0, 0.05) is 6.54 Å². The van der Waals surface area contributed by atoms with Crippen molar-refractivity contribution in [1.82, 2.24) is 10.2 Å². The molecular weight excluding hydrogens is 204 g/mol. The van der Waals surface area contributed by atoms with Gasteiger partial charge in [0.05, 0.1) is 6.54 Å². The standard InChI is InChI=1S/C12H22N2O2/c1-4-6-9(3)8-14-10(5-2)12(16)13-7-11(14)15/h9-10H,4-8H2,1-3H3,(H,13,16). The highest BCUT2D eigenvalue weighted by Crippen LogP contribution is 2.14. The molecule has 1 fully saturated rings. The van der Waals surface area contributed by atoms with Gasteiger partial charge in [0.25, 0.3) is 0 Å². The van der Waals surface area contributed by atoms with E-state index in [2.05, 4.69) is 19.2 Å². The molecule has 0 bridgehead atoms. The number of piperazine rings is 1. The van der Waals surface area contributed by atoms with Crippen LogP contribution in [0.2, 0.25) is 0 Å². The van der Waals surface area contributed by atoms with Crippen molar-refractivity contribution in [3.05, 3.63) is 0 Å². The highest BCUT2D eigenvalue weighted by molar-refractivity contribution is 5.94. The van der Waals surface area contributed by atoms with E-state index in [1.54, 1.807) is 4.90 Å². The smallest absolute Gasteiger partial charge is 0.243 e. The summed E-state index contributed by atoms with van der Waals surface area (Å²) in [5, 5.41) is 2.64. The van der Waals surface area contributed by atoms with Crippen molar-refractivity contribution in [2.45, 2.75) is 46.1 Å². The average molecular weight is 226 g/mol. The van der Waals surface area contributed by atoms with Crippen LogP contribution in [0.25, 0.3) is 0 Å². The summed E-state index contributed by atoms with van der Waals surface area (Å²) in [6, 6.07) is -0.263. The topological polar surface area (TPSA) is 49.4 Å². The summed E-state index contributed by atoms with van der Waals surface area (Å²) in [5.41, 5.74) is 0. The molecular formula is C12H22N2O2. The van der Waals surface area contributed by atoms with E-state index < -0.39 is 0 Å². The fourth-order valence-electron chi connectivity index (χ4n) is 2.25.